The number of carbonyl (C=O) groups is 2. The van der Waals surface area contributed by atoms with Crippen molar-refractivity contribution in [1.29, 1.82) is 0 Å². The molecule has 1 saturated heterocycles. The molecule has 7 heteroatoms. The molecule has 3 rings (SSSR count). The Labute approximate surface area is 209 Å². The number of hydrogen-bond acceptors (Lipinski definition) is 5. The number of aromatic hydroxyl groups is 1. The molecule has 0 radical (unpaired) electrons. The van der Waals surface area contributed by atoms with Gasteiger partial charge in [-0.15, -0.1) is 0 Å². The van der Waals surface area contributed by atoms with E-state index in [4.69, 9.17) is 5.11 Å². The third-order valence-electron chi connectivity index (χ3n) is 7.09. The van der Waals surface area contributed by atoms with Crippen molar-refractivity contribution in [3.63, 3.8) is 0 Å². The normalized spacial score (nSPS) is 20.8. The Morgan fingerprint density at radius 1 is 1.06 bits per heavy atom. The Morgan fingerprint density at radius 3 is 2.34 bits per heavy atom. The number of carbonyl (C=O) groups excluding carboxylic acids is 1. The number of phenolic OH excluding ortho intramolecular Hbond substituents is 1. The van der Waals surface area contributed by atoms with E-state index in [1.54, 1.807) is 18.2 Å². The lowest BCUT2D eigenvalue weighted by atomic mass is 9.92. The van der Waals surface area contributed by atoms with Crippen molar-refractivity contribution in [1.82, 2.24) is 14.7 Å². The second-order valence-electron chi connectivity index (χ2n) is 10.0. The molecule has 0 bridgehead atoms. The van der Waals surface area contributed by atoms with Gasteiger partial charge in [0.05, 0.1) is 6.04 Å². The Morgan fingerprint density at radius 2 is 1.71 bits per heavy atom. The number of carboxylic acids is 1. The van der Waals surface area contributed by atoms with Gasteiger partial charge in [-0.25, -0.2) is 0 Å². The van der Waals surface area contributed by atoms with E-state index in [1.807, 2.05) is 30.3 Å². The molecule has 1 unspecified atom stereocenters. The quantitative estimate of drug-likeness (QED) is 0.562. The zero-order valence-corrected chi connectivity index (χ0v) is 21.5. The molecule has 2 aromatic carbocycles. The van der Waals surface area contributed by atoms with Gasteiger partial charge in [-0.3, -0.25) is 19.4 Å². The van der Waals surface area contributed by atoms with Crippen molar-refractivity contribution < 1.29 is 19.8 Å². The number of hydrogen-bond donors (Lipinski definition) is 2. The van der Waals surface area contributed by atoms with E-state index in [2.05, 4.69) is 37.5 Å². The Balaban J connectivity index is 1.97. The number of aliphatic carboxylic acids is 1. The zero-order chi connectivity index (χ0) is 25.7. The highest BCUT2D eigenvalue weighted by molar-refractivity contribution is 5.95. The van der Waals surface area contributed by atoms with Crippen LogP contribution in [0, 0.1) is 5.92 Å². The SMILES string of the molecule is CCC(C)CN1C[C@H](C)N([C@@H](c2cccc(O)c2)c2cccc(C(=O)N(C)CC(=O)O)c2)C[C@H]1C. The van der Waals surface area contributed by atoms with Gasteiger partial charge in [0.25, 0.3) is 5.91 Å². The van der Waals surface area contributed by atoms with Crippen LogP contribution in [0.4, 0.5) is 0 Å². The molecule has 2 N–H and O–H groups in total. The maximum absolute atomic E-state index is 12.9. The predicted molar refractivity (Wildman–Crippen MR) is 138 cm³/mol. The fraction of sp³-hybridized carbons (Fsp3) is 0.500. The molecule has 1 heterocycles. The second kappa shape index (κ2) is 11.7. The van der Waals surface area contributed by atoms with E-state index in [-0.39, 0.29) is 30.3 Å². The first-order valence-electron chi connectivity index (χ1n) is 12.5. The molecular weight excluding hydrogens is 442 g/mol. The molecule has 1 fully saturated rings. The van der Waals surface area contributed by atoms with Gasteiger partial charge in [0, 0.05) is 44.3 Å². The lowest BCUT2D eigenvalue weighted by Crippen LogP contribution is -2.57. The summed E-state index contributed by atoms with van der Waals surface area (Å²) in [7, 11) is 1.50. The number of rotatable bonds is 9. The summed E-state index contributed by atoms with van der Waals surface area (Å²) >= 11 is 0. The van der Waals surface area contributed by atoms with Crippen LogP contribution in [0.5, 0.6) is 5.75 Å². The molecule has 1 amide bonds. The van der Waals surface area contributed by atoms with Crippen LogP contribution in [0.15, 0.2) is 48.5 Å². The van der Waals surface area contributed by atoms with Crippen LogP contribution in [-0.4, -0.2) is 82.1 Å². The summed E-state index contributed by atoms with van der Waals surface area (Å²) in [5.41, 5.74) is 2.36. The summed E-state index contributed by atoms with van der Waals surface area (Å²) in [6.07, 6.45) is 1.16. The highest BCUT2D eigenvalue weighted by atomic mass is 16.4. The van der Waals surface area contributed by atoms with Crippen molar-refractivity contribution in [3.05, 3.63) is 65.2 Å². The number of nitrogens with zero attached hydrogens (tertiary/aromatic N) is 3. The first-order valence-corrected chi connectivity index (χ1v) is 12.5. The summed E-state index contributed by atoms with van der Waals surface area (Å²) in [4.78, 5) is 30.2. The van der Waals surface area contributed by atoms with E-state index in [1.165, 1.54) is 11.9 Å². The minimum Gasteiger partial charge on any atom is -0.508 e. The summed E-state index contributed by atoms with van der Waals surface area (Å²) in [6, 6.07) is 15.2. The highest BCUT2D eigenvalue weighted by Gasteiger charge is 2.35. The fourth-order valence-corrected chi connectivity index (χ4v) is 4.98. The zero-order valence-electron chi connectivity index (χ0n) is 21.5. The molecule has 190 valence electrons. The Kier molecular flexibility index (Phi) is 8.92. The number of benzene rings is 2. The second-order valence-corrected chi connectivity index (χ2v) is 10.0. The molecule has 7 nitrogen and oxygen atoms in total. The van der Waals surface area contributed by atoms with E-state index < -0.39 is 5.97 Å². The lowest BCUT2D eigenvalue weighted by Gasteiger charge is -2.48. The Bertz CT molecular complexity index is 1030. The third kappa shape index (κ3) is 6.61. The number of amides is 1. The lowest BCUT2D eigenvalue weighted by molar-refractivity contribution is -0.137. The number of likely N-dealkylation sites (N-methyl/N-ethyl adjacent to an activating group) is 1. The van der Waals surface area contributed by atoms with Crippen molar-refractivity contribution in [2.24, 2.45) is 5.92 Å². The summed E-state index contributed by atoms with van der Waals surface area (Å²) in [5.74, 6) is -0.531. The van der Waals surface area contributed by atoms with Crippen LogP contribution >= 0.6 is 0 Å². The van der Waals surface area contributed by atoms with Gasteiger partial charge in [-0.05, 0) is 55.2 Å². The first kappa shape index (κ1) is 26.7. The van der Waals surface area contributed by atoms with Crippen LogP contribution in [0.3, 0.4) is 0 Å². The van der Waals surface area contributed by atoms with E-state index in [0.717, 1.165) is 37.2 Å². The maximum Gasteiger partial charge on any atom is 0.323 e. The van der Waals surface area contributed by atoms with Crippen LogP contribution in [0.25, 0.3) is 0 Å². The number of piperazine rings is 1. The standard InChI is InChI=1S/C28H39N3O4/c1-6-19(2)15-30-16-21(4)31(17-20(30)3)27(23-10-8-12-25(32)14-23)22-9-7-11-24(13-22)28(35)29(5)18-26(33)34/h7-14,19-21,27,32H,6,15-18H2,1-5H3,(H,33,34)/t19?,20-,21+,27-/m1/s1. The predicted octanol–water partition coefficient (Wildman–Crippen LogP) is 4.08. The van der Waals surface area contributed by atoms with Crippen molar-refractivity contribution in [2.75, 3.05) is 33.2 Å². The van der Waals surface area contributed by atoms with Gasteiger partial charge in [-0.2, -0.15) is 0 Å². The average Bonchev–Trinajstić information content (AvgIpc) is 2.81. The first-order chi connectivity index (χ1) is 16.6. The molecule has 2 aromatic rings. The van der Waals surface area contributed by atoms with Crippen molar-refractivity contribution in [3.8, 4) is 5.75 Å². The third-order valence-corrected chi connectivity index (χ3v) is 7.09. The van der Waals surface area contributed by atoms with Gasteiger partial charge in [0.2, 0.25) is 0 Å². The summed E-state index contributed by atoms with van der Waals surface area (Å²) < 4.78 is 0. The van der Waals surface area contributed by atoms with Crippen molar-refractivity contribution >= 4 is 11.9 Å². The largest absolute Gasteiger partial charge is 0.508 e. The van der Waals surface area contributed by atoms with Crippen molar-refractivity contribution in [2.45, 2.75) is 52.2 Å². The number of carboxylic acid groups (broad SMARTS) is 1. The fourth-order valence-electron chi connectivity index (χ4n) is 4.98. The summed E-state index contributed by atoms with van der Waals surface area (Å²) in [5, 5.41) is 19.3. The summed E-state index contributed by atoms with van der Waals surface area (Å²) in [6.45, 7) is 11.6. The molecular formula is C28H39N3O4. The molecule has 0 aliphatic carbocycles. The highest BCUT2D eigenvalue weighted by Crippen LogP contribution is 2.35. The average molecular weight is 482 g/mol. The van der Waals surface area contributed by atoms with Gasteiger partial charge >= 0.3 is 5.97 Å². The van der Waals surface area contributed by atoms with Gasteiger partial charge in [0.1, 0.15) is 12.3 Å². The molecule has 0 saturated carbocycles. The van der Waals surface area contributed by atoms with E-state index in [0.29, 0.717) is 17.5 Å². The van der Waals surface area contributed by atoms with E-state index >= 15 is 0 Å². The minimum absolute atomic E-state index is 0.150. The minimum atomic E-state index is -1.05. The van der Waals surface area contributed by atoms with Crippen LogP contribution < -0.4 is 0 Å². The van der Waals surface area contributed by atoms with Crippen LogP contribution in [-0.2, 0) is 4.79 Å². The molecule has 35 heavy (non-hydrogen) atoms. The number of phenols is 1. The van der Waals surface area contributed by atoms with Gasteiger partial charge in [0.15, 0.2) is 0 Å². The molecule has 1 aliphatic heterocycles. The molecule has 0 aromatic heterocycles. The van der Waals surface area contributed by atoms with Crippen LogP contribution in [0.2, 0.25) is 0 Å². The molecule has 1 aliphatic rings. The van der Waals surface area contributed by atoms with Gasteiger partial charge in [-0.1, -0.05) is 44.5 Å². The topological polar surface area (TPSA) is 84.3 Å². The smallest absolute Gasteiger partial charge is 0.323 e. The van der Waals surface area contributed by atoms with Crippen LogP contribution in [0.1, 0.15) is 61.6 Å². The molecule has 0 spiro atoms. The Hall–Kier alpha value is -2.90. The maximum atomic E-state index is 12.9. The monoisotopic (exact) mass is 481 g/mol. The molecule has 4 atom stereocenters. The van der Waals surface area contributed by atoms with Gasteiger partial charge < -0.3 is 15.1 Å². The van der Waals surface area contributed by atoms with E-state index in [9.17, 15) is 14.7 Å².